The minimum Gasteiger partial charge on any atom is -0.361 e. The fraction of sp³-hybridized carbons (Fsp3) is 1.00. The molecular weight excluding hydrogens is 354 g/mol. The van der Waals surface area contributed by atoms with Gasteiger partial charge in [-0.25, -0.2) is 0 Å². The number of halogens is 7. The first-order valence-electron chi connectivity index (χ1n) is 6.50. The first-order chi connectivity index (χ1) is 9.19. The summed E-state index contributed by atoms with van der Waals surface area (Å²) in [5.41, 5.74) is 0. The monoisotopic (exact) mass is 372 g/mol. The van der Waals surface area contributed by atoms with Crippen molar-refractivity contribution in [2.45, 2.75) is 63.4 Å². The lowest BCUT2D eigenvalue weighted by Crippen LogP contribution is -2.44. The third-order valence-corrected chi connectivity index (χ3v) is 3.22. The summed E-state index contributed by atoms with van der Waals surface area (Å²) in [4.78, 5) is 0. The van der Waals surface area contributed by atoms with Gasteiger partial charge in [0.1, 0.15) is 0 Å². The van der Waals surface area contributed by atoms with Crippen LogP contribution >= 0.6 is 15.9 Å². The maximum Gasteiger partial charge on any atom is 0.423 e. The van der Waals surface area contributed by atoms with E-state index < -0.39 is 25.1 Å². The summed E-state index contributed by atoms with van der Waals surface area (Å²) in [5.74, 6) is 0. The maximum absolute atomic E-state index is 12.1. The molecule has 0 rings (SSSR count). The van der Waals surface area contributed by atoms with Crippen molar-refractivity contribution in [1.29, 1.82) is 0 Å². The van der Waals surface area contributed by atoms with E-state index in [4.69, 9.17) is 0 Å². The van der Waals surface area contributed by atoms with E-state index in [-0.39, 0.29) is 6.42 Å². The molecule has 0 N–H and O–H groups in total. The van der Waals surface area contributed by atoms with Crippen molar-refractivity contribution in [3.63, 3.8) is 0 Å². The quantitative estimate of drug-likeness (QED) is 0.274. The SMILES string of the molecule is FC(F)(F)C(OCCCCCCCCCBr)C(F)(F)F. The molecule has 0 aromatic carbocycles. The summed E-state index contributed by atoms with van der Waals surface area (Å²) in [5, 5.41) is 0.942. The third-order valence-electron chi connectivity index (χ3n) is 2.66. The predicted molar refractivity (Wildman–Crippen MR) is 68.0 cm³/mol. The number of rotatable bonds is 10. The number of hydrogen-bond donors (Lipinski definition) is 0. The molecule has 0 atom stereocenters. The zero-order chi connectivity index (χ0) is 15.6. The highest BCUT2D eigenvalue weighted by molar-refractivity contribution is 9.09. The van der Waals surface area contributed by atoms with E-state index in [1.54, 1.807) is 0 Å². The van der Waals surface area contributed by atoms with Crippen LogP contribution in [0.3, 0.4) is 0 Å². The summed E-state index contributed by atoms with van der Waals surface area (Å²) in [6.45, 7) is -0.523. The molecule has 0 aliphatic heterocycles. The first-order valence-corrected chi connectivity index (χ1v) is 7.62. The van der Waals surface area contributed by atoms with Gasteiger partial charge in [0.05, 0.1) is 0 Å². The molecule has 0 bridgehead atoms. The lowest BCUT2D eigenvalue weighted by Gasteiger charge is -2.23. The molecule has 0 unspecified atom stereocenters. The molecule has 0 aromatic rings. The Kier molecular flexibility index (Phi) is 9.88. The predicted octanol–water partition coefficient (Wildman–Crippen LogP) is 5.62. The number of alkyl halides is 7. The molecule has 0 saturated carbocycles. The lowest BCUT2D eigenvalue weighted by atomic mass is 10.1. The summed E-state index contributed by atoms with van der Waals surface area (Å²) < 4.78 is 76.7. The summed E-state index contributed by atoms with van der Waals surface area (Å²) in [7, 11) is 0. The van der Waals surface area contributed by atoms with E-state index in [0.717, 1.165) is 37.4 Å². The normalized spacial score (nSPS) is 13.2. The van der Waals surface area contributed by atoms with Gasteiger partial charge in [-0.15, -0.1) is 0 Å². The molecule has 122 valence electrons. The topological polar surface area (TPSA) is 9.23 Å². The van der Waals surface area contributed by atoms with Crippen molar-refractivity contribution in [1.82, 2.24) is 0 Å². The number of hydrogen-bond acceptors (Lipinski definition) is 1. The van der Waals surface area contributed by atoms with Crippen molar-refractivity contribution in [2.24, 2.45) is 0 Å². The van der Waals surface area contributed by atoms with E-state index >= 15 is 0 Å². The Hall–Kier alpha value is 0.0200. The molecule has 0 heterocycles. The van der Waals surface area contributed by atoms with Crippen LogP contribution < -0.4 is 0 Å². The smallest absolute Gasteiger partial charge is 0.361 e. The van der Waals surface area contributed by atoms with Crippen LogP contribution in [0, 0.1) is 0 Å². The highest BCUT2D eigenvalue weighted by Gasteiger charge is 2.57. The van der Waals surface area contributed by atoms with Crippen LogP contribution in [0.1, 0.15) is 44.9 Å². The first kappa shape index (κ1) is 20.0. The Morgan fingerprint density at radius 1 is 0.700 bits per heavy atom. The van der Waals surface area contributed by atoms with Crippen molar-refractivity contribution in [3.8, 4) is 0 Å². The van der Waals surface area contributed by atoms with Gasteiger partial charge in [-0.3, -0.25) is 0 Å². The van der Waals surface area contributed by atoms with Gasteiger partial charge in [-0.1, -0.05) is 48.0 Å². The van der Waals surface area contributed by atoms with Crippen molar-refractivity contribution < 1.29 is 31.1 Å². The largest absolute Gasteiger partial charge is 0.423 e. The Balaban J connectivity index is 3.71. The van der Waals surface area contributed by atoms with Gasteiger partial charge in [0.25, 0.3) is 0 Å². The zero-order valence-corrected chi connectivity index (χ0v) is 12.6. The molecule has 1 nitrogen and oxygen atoms in total. The van der Waals surface area contributed by atoms with Gasteiger partial charge in [0, 0.05) is 11.9 Å². The molecule has 20 heavy (non-hydrogen) atoms. The van der Waals surface area contributed by atoms with Crippen molar-refractivity contribution >= 4 is 15.9 Å². The standard InChI is InChI=1S/C12H19BrF6O/c13-8-6-4-2-1-3-5-7-9-20-10(11(14,15)16)12(17,18)19/h10H,1-9H2. The maximum atomic E-state index is 12.1. The summed E-state index contributed by atoms with van der Waals surface area (Å²) in [6.07, 6.45) is -8.79. The van der Waals surface area contributed by atoms with E-state index in [9.17, 15) is 26.3 Å². The summed E-state index contributed by atoms with van der Waals surface area (Å²) >= 11 is 3.30. The lowest BCUT2D eigenvalue weighted by molar-refractivity contribution is -0.321. The average Bonchev–Trinajstić information content (AvgIpc) is 2.28. The Labute approximate surface area is 123 Å². The van der Waals surface area contributed by atoms with Crippen molar-refractivity contribution in [3.05, 3.63) is 0 Å². The van der Waals surface area contributed by atoms with Crippen LogP contribution in [0.2, 0.25) is 0 Å². The molecule has 0 aliphatic carbocycles. The molecule has 0 radical (unpaired) electrons. The van der Waals surface area contributed by atoms with Gasteiger partial charge in [0.2, 0.25) is 6.10 Å². The van der Waals surface area contributed by atoms with Crippen LogP contribution in [-0.2, 0) is 4.74 Å². The van der Waals surface area contributed by atoms with E-state index in [1.165, 1.54) is 0 Å². The second-order valence-electron chi connectivity index (χ2n) is 4.50. The van der Waals surface area contributed by atoms with Gasteiger partial charge >= 0.3 is 12.4 Å². The van der Waals surface area contributed by atoms with Gasteiger partial charge < -0.3 is 4.74 Å². The van der Waals surface area contributed by atoms with Crippen molar-refractivity contribution in [2.75, 3.05) is 11.9 Å². The van der Waals surface area contributed by atoms with E-state index in [1.807, 2.05) is 0 Å². The summed E-state index contributed by atoms with van der Waals surface area (Å²) in [6, 6.07) is 0. The molecule has 0 amide bonds. The van der Waals surface area contributed by atoms with E-state index in [2.05, 4.69) is 20.7 Å². The van der Waals surface area contributed by atoms with Crippen LogP contribution in [0.15, 0.2) is 0 Å². The zero-order valence-electron chi connectivity index (χ0n) is 11.0. The highest BCUT2D eigenvalue weighted by atomic mass is 79.9. The second kappa shape index (κ2) is 9.87. The molecule has 0 aromatic heterocycles. The highest BCUT2D eigenvalue weighted by Crippen LogP contribution is 2.35. The average molecular weight is 373 g/mol. The van der Waals surface area contributed by atoms with Gasteiger partial charge in [-0.2, -0.15) is 26.3 Å². The van der Waals surface area contributed by atoms with Crippen LogP contribution in [0.25, 0.3) is 0 Å². The Bertz CT molecular complexity index is 227. The molecular formula is C12H19BrF6O. The van der Waals surface area contributed by atoms with E-state index in [0.29, 0.717) is 6.42 Å². The molecule has 8 heteroatoms. The van der Waals surface area contributed by atoms with Gasteiger partial charge in [0.15, 0.2) is 0 Å². The molecule has 0 saturated heterocycles. The minimum absolute atomic E-state index is 0.209. The molecule has 0 spiro atoms. The van der Waals surface area contributed by atoms with Crippen LogP contribution in [0.5, 0.6) is 0 Å². The fourth-order valence-corrected chi connectivity index (χ4v) is 2.05. The van der Waals surface area contributed by atoms with Gasteiger partial charge in [-0.05, 0) is 12.8 Å². The molecule has 0 aliphatic rings. The third kappa shape index (κ3) is 9.85. The Morgan fingerprint density at radius 3 is 1.50 bits per heavy atom. The van der Waals surface area contributed by atoms with Crippen LogP contribution in [-0.4, -0.2) is 30.4 Å². The minimum atomic E-state index is -5.41. The second-order valence-corrected chi connectivity index (χ2v) is 5.29. The Morgan fingerprint density at radius 2 is 1.10 bits per heavy atom. The molecule has 0 fully saturated rings. The number of unbranched alkanes of at least 4 members (excludes halogenated alkanes) is 6. The fourth-order valence-electron chi connectivity index (χ4n) is 1.66. The number of ether oxygens (including phenoxy) is 1. The van der Waals surface area contributed by atoms with Crippen LogP contribution in [0.4, 0.5) is 26.3 Å².